The summed E-state index contributed by atoms with van der Waals surface area (Å²) in [6.45, 7) is 5.98. The minimum Gasteiger partial charge on any atom is -0.354 e. The highest BCUT2D eigenvalue weighted by Gasteiger charge is 2.35. The van der Waals surface area contributed by atoms with E-state index in [0.29, 0.717) is 12.2 Å². The van der Waals surface area contributed by atoms with Crippen molar-refractivity contribution in [2.75, 3.05) is 17.4 Å². The molecule has 0 spiro atoms. The number of aryl methyl sites for hydroxylation is 2. The summed E-state index contributed by atoms with van der Waals surface area (Å²) in [6.07, 6.45) is 2.01. The van der Waals surface area contributed by atoms with E-state index in [1.54, 1.807) is 24.3 Å². The van der Waals surface area contributed by atoms with Crippen LogP contribution in [0.15, 0.2) is 114 Å². The lowest BCUT2D eigenvalue weighted by molar-refractivity contribution is -0.140. The van der Waals surface area contributed by atoms with Crippen LogP contribution in [0.1, 0.15) is 42.0 Å². The monoisotopic (exact) mass is 611 g/mol. The molecule has 0 aliphatic heterocycles. The average molecular weight is 612 g/mol. The number of unbranched alkanes of at least 4 members (excludes halogenated alkanes) is 1. The fraction of sp³-hybridized carbons (Fsp3) is 0.278. The summed E-state index contributed by atoms with van der Waals surface area (Å²) in [4.78, 5) is 29.9. The van der Waals surface area contributed by atoms with E-state index in [1.165, 1.54) is 21.3 Å². The van der Waals surface area contributed by atoms with Gasteiger partial charge >= 0.3 is 0 Å². The minimum atomic E-state index is -4.13. The Bertz CT molecular complexity index is 1630. The Labute approximate surface area is 261 Å². The zero-order valence-electron chi connectivity index (χ0n) is 25.6. The van der Waals surface area contributed by atoms with Gasteiger partial charge in [-0.05, 0) is 55.2 Å². The molecule has 0 heterocycles. The van der Waals surface area contributed by atoms with Gasteiger partial charge in [0.25, 0.3) is 10.0 Å². The first kappa shape index (κ1) is 32.5. The van der Waals surface area contributed by atoms with E-state index >= 15 is 0 Å². The van der Waals surface area contributed by atoms with Crippen molar-refractivity contribution >= 4 is 27.5 Å². The Hall–Kier alpha value is -4.43. The van der Waals surface area contributed by atoms with Gasteiger partial charge in [0.05, 0.1) is 10.6 Å². The van der Waals surface area contributed by atoms with Gasteiger partial charge in [-0.25, -0.2) is 8.42 Å². The van der Waals surface area contributed by atoms with E-state index in [1.807, 2.05) is 93.6 Å². The normalized spacial score (nSPS) is 11.9. The molecule has 230 valence electrons. The third-order valence-electron chi connectivity index (χ3n) is 7.53. The Morgan fingerprint density at radius 1 is 0.795 bits per heavy atom. The van der Waals surface area contributed by atoms with E-state index in [2.05, 4.69) is 5.32 Å². The highest BCUT2D eigenvalue weighted by Crippen LogP contribution is 2.28. The maximum atomic E-state index is 14.5. The number of hydrogen-bond donors (Lipinski definition) is 1. The summed E-state index contributed by atoms with van der Waals surface area (Å²) in [5.41, 5.74) is 3.86. The number of rotatable bonds is 14. The summed E-state index contributed by atoms with van der Waals surface area (Å²) >= 11 is 0. The second-order valence-corrected chi connectivity index (χ2v) is 12.8. The van der Waals surface area contributed by atoms with E-state index < -0.39 is 28.5 Å². The van der Waals surface area contributed by atoms with Crippen molar-refractivity contribution in [2.45, 2.75) is 57.5 Å². The van der Waals surface area contributed by atoms with Crippen molar-refractivity contribution in [2.24, 2.45) is 0 Å². The van der Waals surface area contributed by atoms with Crippen LogP contribution in [0, 0.1) is 13.8 Å². The van der Waals surface area contributed by atoms with Crippen LogP contribution in [0.2, 0.25) is 0 Å². The molecule has 2 amide bonds. The fourth-order valence-electron chi connectivity index (χ4n) is 5.16. The lowest BCUT2D eigenvalue weighted by Gasteiger charge is -2.34. The van der Waals surface area contributed by atoms with Crippen LogP contribution in [-0.2, 0) is 32.6 Å². The number of benzene rings is 4. The lowest BCUT2D eigenvalue weighted by atomic mass is 10.0. The molecule has 0 saturated heterocycles. The fourth-order valence-corrected chi connectivity index (χ4v) is 6.66. The summed E-state index contributed by atoms with van der Waals surface area (Å²) < 4.78 is 29.4. The van der Waals surface area contributed by atoms with E-state index in [4.69, 9.17) is 0 Å². The molecule has 0 radical (unpaired) electrons. The van der Waals surface area contributed by atoms with Crippen LogP contribution in [0.25, 0.3) is 0 Å². The second-order valence-electron chi connectivity index (χ2n) is 11.0. The molecule has 0 aliphatic rings. The van der Waals surface area contributed by atoms with E-state index in [0.717, 1.165) is 35.1 Å². The minimum absolute atomic E-state index is 0.0838. The molecular weight excluding hydrogens is 570 g/mol. The number of sulfonamides is 1. The number of nitrogens with one attached hydrogen (secondary N) is 1. The number of hydrogen-bond acceptors (Lipinski definition) is 4. The maximum Gasteiger partial charge on any atom is 0.264 e. The number of nitrogens with zero attached hydrogens (tertiary/aromatic N) is 2. The zero-order chi connectivity index (χ0) is 31.5. The van der Waals surface area contributed by atoms with Crippen LogP contribution < -0.4 is 9.62 Å². The SMILES string of the molecule is CCCCNC(=O)[C@H](Cc1ccccc1)N(Cc1ccccc1)C(=O)CN(c1ccc(C)cc1C)S(=O)(=O)c1ccccc1. The molecule has 8 heteroatoms. The molecule has 0 unspecified atom stereocenters. The molecule has 0 fully saturated rings. The summed E-state index contributed by atoms with van der Waals surface area (Å²) in [5, 5.41) is 3.02. The topological polar surface area (TPSA) is 86.8 Å². The van der Waals surface area contributed by atoms with Crippen molar-refractivity contribution in [1.29, 1.82) is 0 Å². The summed E-state index contributed by atoms with van der Waals surface area (Å²) in [5.74, 6) is -0.740. The average Bonchev–Trinajstić information content (AvgIpc) is 3.03. The molecule has 4 aromatic carbocycles. The molecule has 1 atom stereocenters. The Kier molecular flexibility index (Phi) is 11.3. The van der Waals surface area contributed by atoms with Gasteiger partial charge < -0.3 is 10.2 Å². The first-order valence-electron chi connectivity index (χ1n) is 15.0. The summed E-state index contributed by atoms with van der Waals surface area (Å²) in [6, 6.07) is 31.8. The number of anilines is 1. The third kappa shape index (κ3) is 8.35. The lowest BCUT2D eigenvalue weighted by Crippen LogP contribution is -2.53. The van der Waals surface area contributed by atoms with Crippen molar-refractivity contribution in [3.63, 3.8) is 0 Å². The molecule has 0 bridgehead atoms. The van der Waals surface area contributed by atoms with Crippen LogP contribution in [0.3, 0.4) is 0 Å². The van der Waals surface area contributed by atoms with E-state index in [9.17, 15) is 18.0 Å². The Morgan fingerprint density at radius 3 is 1.98 bits per heavy atom. The van der Waals surface area contributed by atoms with Crippen molar-refractivity contribution in [3.05, 3.63) is 131 Å². The first-order chi connectivity index (χ1) is 21.2. The van der Waals surface area contributed by atoms with Crippen LogP contribution in [0.4, 0.5) is 5.69 Å². The predicted octanol–water partition coefficient (Wildman–Crippen LogP) is 6.06. The van der Waals surface area contributed by atoms with Gasteiger partial charge in [0.2, 0.25) is 11.8 Å². The molecule has 0 aromatic heterocycles. The predicted molar refractivity (Wildman–Crippen MR) is 176 cm³/mol. The zero-order valence-corrected chi connectivity index (χ0v) is 26.5. The Balaban J connectivity index is 1.79. The second kappa shape index (κ2) is 15.3. The van der Waals surface area contributed by atoms with Gasteiger partial charge in [0.1, 0.15) is 12.6 Å². The van der Waals surface area contributed by atoms with E-state index in [-0.39, 0.29) is 23.8 Å². The summed E-state index contributed by atoms with van der Waals surface area (Å²) in [7, 11) is -4.13. The van der Waals surface area contributed by atoms with Crippen molar-refractivity contribution < 1.29 is 18.0 Å². The number of carbonyl (C=O) groups excluding carboxylic acids is 2. The largest absolute Gasteiger partial charge is 0.354 e. The van der Waals surface area contributed by atoms with Crippen LogP contribution in [0.5, 0.6) is 0 Å². The van der Waals surface area contributed by atoms with Gasteiger partial charge in [0, 0.05) is 19.5 Å². The number of carbonyl (C=O) groups is 2. The smallest absolute Gasteiger partial charge is 0.264 e. The standard InChI is InChI=1S/C36H41N3O4S/c1-4-5-23-37-36(41)34(25-30-15-9-6-10-16-30)38(26-31-17-11-7-12-18-31)35(40)27-39(33-22-21-28(2)24-29(33)3)44(42,43)32-19-13-8-14-20-32/h6-22,24,34H,4-5,23,25-27H2,1-3H3,(H,37,41)/t34-/m0/s1. The van der Waals surface area contributed by atoms with Gasteiger partial charge in [-0.15, -0.1) is 0 Å². The molecule has 1 N–H and O–H groups in total. The van der Waals surface area contributed by atoms with Crippen molar-refractivity contribution in [3.8, 4) is 0 Å². The highest BCUT2D eigenvalue weighted by atomic mass is 32.2. The van der Waals surface area contributed by atoms with Crippen LogP contribution in [-0.4, -0.2) is 44.3 Å². The quantitative estimate of drug-likeness (QED) is 0.176. The van der Waals surface area contributed by atoms with Gasteiger partial charge in [-0.2, -0.15) is 0 Å². The van der Waals surface area contributed by atoms with Gasteiger partial charge in [-0.1, -0.05) is 110 Å². The molecule has 44 heavy (non-hydrogen) atoms. The van der Waals surface area contributed by atoms with Gasteiger partial charge in [-0.3, -0.25) is 13.9 Å². The molecule has 4 rings (SSSR count). The molecule has 0 aliphatic carbocycles. The third-order valence-corrected chi connectivity index (χ3v) is 9.30. The first-order valence-corrected chi connectivity index (χ1v) is 16.4. The molecule has 7 nitrogen and oxygen atoms in total. The van der Waals surface area contributed by atoms with Crippen molar-refractivity contribution in [1.82, 2.24) is 10.2 Å². The molecule has 4 aromatic rings. The van der Waals surface area contributed by atoms with Crippen LogP contribution >= 0.6 is 0 Å². The van der Waals surface area contributed by atoms with Gasteiger partial charge in [0.15, 0.2) is 0 Å². The molecule has 0 saturated carbocycles. The Morgan fingerprint density at radius 2 is 1.39 bits per heavy atom. The molecular formula is C36H41N3O4S. The maximum absolute atomic E-state index is 14.5. The number of amides is 2. The highest BCUT2D eigenvalue weighted by molar-refractivity contribution is 7.92.